The second-order valence-corrected chi connectivity index (χ2v) is 11.5. The number of aliphatic hydroxyl groups is 3. The standard InChI is InChI=1S/C28H31F3N6O4S/c1-12-9-17(41-28(29,30)31)5-6-18(12)13(2)33-27-34-14(3)21(26-36-22-15(4)32-8-7-20(22)42-26)25(37-27)35-19-10-16(11-38)23(39)24(19)40/h5-9,13,16,19,23-24,38-40H,10-11H2,1-4H3,(H2,33,34,35,37)/t13-,16-,19?,23-,24+/m1/s1. The van der Waals surface area contributed by atoms with Crippen LogP contribution in [0.5, 0.6) is 5.75 Å². The highest BCUT2D eigenvalue weighted by Gasteiger charge is 2.41. The number of aromatic nitrogens is 4. The SMILES string of the molecule is Cc1cc(OC(F)(F)F)ccc1[C@@H](C)Nc1nc(C)c(-c2nc3c(C)nccc3s2)c(NC2C[C@H](CO)[C@@H](O)[C@H]2O)n1. The van der Waals surface area contributed by atoms with E-state index < -0.39 is 36.6 Å². The average Bonchev–Trinajstić information content (AvgIpc) is 3.45. The van der Waals surface area contributed by atoms with Gasteiger partial charge in [-0.05, 0) is 63.4 Å². The van der Waals surface area contributed by atoms with Crippen LogP contribution in [0.4, 0.5) is 24.9 Å². The third-order valence-electron chi connectivity index (χ3n) is 7.44. The van der Waals surface area contributed by atoms with Crippen molar-refractivity contribution in [3.05, 3.63) is 53.0 Å². The molecule has 42 heavy (non-hydrogen) atoms. The first-order chi connectivity index (χ1) is 19.8. The van der Waals surface area contributed by atoms with E-state index in [4.69, 9.17) is 9.97 Å². The molecule has 3 heterocycles. The molecule has 0 aliphatic heterocycles. The zero-order valence-electron chi connectivity index (χ0n) is 23.3. The molecule has 4 aromatic rings. The number of aliphatic hydroxyl groups excluding tert-OH is 3. The molecule has 0 spiro atoms. The fraction of sp³-hybridized carbons (Fsp3) is 0.429. The molecule has 1 fully saturated rings. The number of nitrogens with one attached hydrogen (secondary N) is 2. The van der Waals surface area contributed by atoms with Gasteiger partial charge in [0.25, 0.3) is 0 Å². The molecule has 1 unspecified atom stereocenters. The van der Waals surface area contributed by atoms with Crippen LogP contribution in [0.1, 0.15) is 41.9 Å². The molecule has 0 radical (unpaired) electrons. The van der Waals surface area contributed by atoms with Crippen LogP contribution >= 0.6 is 11.3 Å². The van der Waals surface area contributed by atoms with Crippen molar-refractivity contribution in [1.82, 2.24) is 19.9 Å². The van der Waals surface area contributed by atoms with Gasteiger partial charge >= 0.3 is 6.36 Å². The van der Waals surface area contributed by atoms with Crippen LogP contribution in [0, 0.1) is 26.7 Å². The maximum Gasteiger partial charge on any atom is 0.573 e. The zero-order chi connectivity index (χ0) is 30.3. The molecule has 1 aliphatic carbocycles. The van der Waals surface area contributed by atoms with Crippen LogP contribution in [-0.2, 0) is 0 Å². The molecule has 14 heteroatoms. The Bertz CT molecular complexity index is 1600. The average molecular weight is 605 g/mol. The summed E-state index contributed by atoms with van der Waals surface area (Å²) in [7, 11) is 0. The summed E-state index contributed by atoms with van der Waals surface area (Å²) in [4.78, 5) is 18.5. The second kappa shape index (κ2) is 11.6. The summed E-state index contributed by atoms with van der Waals surface area (Å²) in [6.45, 7) is 6.93. The van der Waals surface area contributed by atoms with E-state index >= 15 is 0 Å². The first kappa shape index (κ1) is 29.9. The number of thiazole rings is 1. The summed E-state index contributed by atoms with van der Waals surface area (Å²) in [6.07, 6.45) is -4.99. The number of hydrogen-bond acceptors (Lipinski definition) is 11. The van der Waals surface area contributed by atoms with E-state index in [1.807, 2.05) is 19.9 Å². The Morgan fingerprint density at radius 3 is 2.48 bits per heavy atom. The Balaban J connectivity index is 1.50. The molecule has 1 aliphatic rings. The molecule has 5 N–H and O–H groups in total. The highest BCUT2D eigenvalue weighted by Crippen LogP contribution is 2.39. The lowest BCUT2D eigenvalue weighted by atomic mass is 10.0. The maximum absolute atomic E-state index is 12.7. The van der Waals surface area contributed by atoms with Gasteiger partial charge in [0.2, 0.25) is 5.95 Å². The Kier molecular flexibility index (Phi) is 8.25. The number of nitrogens with zero attached hydrogens (tertiary/aromatic N) is 4. The lowest BCUT2D eigenvalue weighted by molar-refractivity contribution is -0.274. The Morgan fingerprint density at radius 2 is 1.83 bits per heavy atom. The van der Waals surface area contributed by atoms with Crippen LogP contribution < -0.4 is 15.4 Å². The predicted molar refractivity (Wildman–Crippen MR) is 152 cm³/mol. The molecule has 5 atom stereocenters. The highest BCUT2D eigenvalue weighted by molar-refractivity contribution is 7.21. The summed E-state index contributed by atoms with van der Waals surface area (Å²) in [5.74, 6) is -0.182. The van der Waals surface area contributed by atoms with E-state index in [2.05, 4.69) is 25.3 Å². The van der Waals surface area contributed by atoms with Crippen molar-refractivity contribution >= 4 is 33.3 Å². The molecule has 10 nitrogen and oxygen atoms in total. The van der Waals surface area contributed by atoms with E-state index in [9.17, 15) is 28.5 Å². The largest absolute Gasteiger partial charge is 0.573 e. The number of pyridine rings is 1. The van der Waals surface area contributed by atoms with E-state index in [0.29, 0.717) is 34.1 Å². The summed E-state index contributed by atoms with van der Waals surface area (Å²) in [5, 5.41) is 37.9. The van der Waals surface area contributed by atoms with Crippen molar-refractivity contribution in [3.8, 4) is 16.3 Å². The topological polar surface area (TPSA) is 146 Å². The summed E-state index contributed by atoms with van der Waals surface area (Å²) >= 11 is 1.45. The van der Waals surface area contributed by atoms with E-state index in [1.165, 1.54) is 23.5 Å². The van der Waals surface area contributed by atoms with Crippen LogP contribution in [0.2, 0.25) is 0 Å². The molecule has 0 amide bonds. The fourth-order valence-electron chi connectivity index (χ4n) is 5.31. The minimum absolute atomic E-state index is 0.243. The first-order valence-electron chi connectivity index (χ1n) is 13.3. The van der Waals surface area contributed by atoms with Gasteiger partial charge in [0.05, 0.1) is 39.8 Å². The van der Waals surface area contributed by atoms with Gasteiger partial charge < -0.3 is 30.7 Å². The third-order valence-corrected chi connectivity index (χ3v) is 8.48. The van der Waals surface area contributed by atoms with Crippen molar-refractivity contribution < 1.29 is 33.2 Å². The number of aryl methyl sites for hydroxylation is 3. The van der Waals surface area contributed by atoms with Gasteiger partial charge in [0.15, 0.2) is 0 Å². The van der Waals surface area contributed by atoms with Crippen LogP contribution in [0.25, 0.3) is 20.8 Å². The van der Waals surface area contributed by atoms with Gasteiger partial charge in [0.1, 0.15) is 28.2 Å². The van der Waals surface area contributed by atoms with E-state index in [1.54, 1.807) is 26.1 Å². The van der Waals surface area contributed by atoms with Crippen molar-refractivity contribution in [2.45, 2.75) is 64.8 Å². The van der Waals surface area contributed by atoms with E-state index in [-0.39, 0.29) is 18.3 Å². The Labute approximate surface area is 243 Å². The van der Waals surface area contributed by atoms with Crippen LogP contribution in [0.15, 0.2) is 30.5 Å². The number of anilines is 2. The number of rotatable bonds is 8. The first-order valence-corrected chi connectivity index (χ1v) is 14.1. The Hall–Kier alpha value is -3.59. The number of alkyl halides is 3. The monoisotopic (exact) mass is 604 g/mol. The Morgan fingerprint density at radius 1 is 1.07 bits per heavy atom. The lowest BCUT2D eigenvalue weighted by Crippen LogP contribution is -2.35. The molecular formula is C28H31F3N6O4S. The number of halogens is 3. The van der Waals surface area contributed by atoms with Gasteiger partial charge in [-0.15, -0.1) is 24.5 Å². The fourth-order valence-corrected chi connectivity index (χ4v) is 6.42. The van der Waals surface area contributed by atoms with Gasteiger partial charge in [-0.1, -0.05) is 6.07 Å². The van der Waals surface area contributed by atoms with Gasteiger partial charge in [0, 0.05) is 18.7 Å². The summed E-state index contributed by atoms with van der Waals surface area (Å²) in [5.41, 5.74) is 4.04. The number of ether oxygens (including phenoxy) is 1. The zero-order valence-corrected chi connectivity index (χ0v) is 24.1. The van der Waals surface area contributed by atoms with Crippen molar-refractivity contribution in [3.63, 3.8) is 0 Å². The van der Waals surface area contributed by atoms with Crippen LogP contribution in [0.3, 0.4) is 0 Å². The third kappa shape index (κ3) is 6.11. The van der Waals surface area contributed by atoms with Crippen molar-refractivity contribution in [2.75, 3.05) is 17.2 Å². The van der Waals surface area contributed by atoms with Gasteiger partial charge in [-0.25, -0.2) is 9.97 Å². The smallest absolute Gasteiger partial charge is 0.406 e. The molecule has 3 aromatic heterocycles. The molecule has 1 aromatic carbocycles. The minimum atomic E-state index is -4.78. The van der Waals surface area contributed by atoms with E-state index in [0.717, 1.165) is 21.5 Å². The van der Waals surface area contributed by atoms with Gasteiger partial charge in [-0.2, -0.15) is 4.98 Å². The number of hydrogen-bond donors (Lipinski definition) is 5. The molecular weight excluding hydrogens is 573 g/mol. The van der Waals surface area contributed by atoms with Crippen LogP contribution in [-0.4, -0.2) is 66.5 Å². The molecule has 5 rings (SSSR count). The normalized spacial score (nSPS) is 21.5. The summed E-state index contributed by atoms with van der Waals surface area (Å²) in [6, 6.07) is 5.01. The minimum Gasteiger partial charge on any atom is -0.406 e. The quantitative estimate of drug-likeness (QED) is 0.193. The predicted octanol–water partition coefficient (Wildman–Crippen LogP) is 4.66. The number of fused-ring (bicyclic) bond motifs is 1. The molecule has 1 saturated carbocycles. The second-order valence-electron chi connectivity index (χ2n) is 10.5. The lowest BCUT2D eigenvalue weighted by Gasteiger charge is -2.22. The maximum atomic E-state index is 12.7. The van der Waals surface area contributed by atoms with Gasteiger partial charge in [-0.3, -0.25) is 4.98 Å². The van der Waals surface area contributed by atoms with Crippen molar-refractivity contribution in [2.24, 2.45) is 5.92 Å². The number of benzene rings is 1. The molecule has 0 bridgehead atoms. The molecule has 224 valence electrons. The summed E-state index contributed by atoms with van der Waals surface area (Å²) < 4.78 is 42.9. The van der Waals surface area contributed by atoms with Crippen molar-refractivity contribution in [1.29, 1.82) is 0 Å². The highest BCUT2D eigenvalue weighted by atomic mass is 32.1. The molecule has 0 saturated heterocycles.